The molecule has 4 fully saturated rings. The lowest BCUT2D eigenvalue weighted by Gasteiger charge is -2.55. The lowest BCUT2D eigenvalue weighted by molar-refractivity contribution is -0.339. The van der Waals surface area contributed by atoms with E-state index in [1.165, 1.54) is 22.3 Å². The standard InChI is InChI=1S/C56H90N4O13/c1-14-44-55(10,66)48(62)38(6)57-32-34(2)30-53(8,65)49(73-51-46(61)43(29-35(3)69-51)59(12)52(64)58(11)42-23-19-16-20-24-42)36(4)47(37(5)50(63)71-44)72-45-31-54(9,68-13)56(67,39(7)70-45)33-60-27-25-41(26-28-60)40-21-17-15-18-22-40/h15-24,34-39,41,43-49,51,57,61-62,65-67H,14,25-33H2,1-13H3/t34-,35-,36+,37-,38-,39+,43+,44-,45+,46-,47+,48-,49-,51+,53-,54-,55-,56+/m1/s1. The number of nitrogens with zero attached hydrogens (tertiary/aromatic N) is 3. The Kier molecular flexibility index (Phi) is 19.7. The van der Waals surface area contributed by atoms with Crippen LogP contribution in [-0.4, -0.2) is 185 Å². The number of aliphatic hydroxyl groups is 5. The van der Waals surface area contributed by atoms with Gasteiger partial charge in [0.15, 0.2) is 12.6 Å². The van der Waals surface area contributed by atoms with Gasteiger partial charge in [0.1, 0.15) is 35.1 Å². The van der Waals surface area contributed by atoms with Crippen molar-refractivity contribution in [1.29, 1.82) is 0 Å². The first-order chi connectivity index (χ1) is 34.3. The zero-order valence-electron chi connectivity index (χ0n) is 45.8. The molecule has 6 N–H and O–H groups in total. The summed E-state index contributed by atoms with van der Waals surface area (Å²) in [7, 11) is 4.86. The molecular weight excluding hydrogens is 937 g/mol. The summed E-state index contributed by atoms with van der Waals surface area (Å²) in [4.78, 5) is 33.9. The number of para-hydroxylation sites is 1. The minimum Gasteiger partial charge on any atom is -0.459 e. The van der Waals surface area contributed by atoms with Crippen LogP contribution in [0.4, 0.5) is 10.5 Å². The van der Waals surface area contributed by atoms with E-state index >= 15 is 0 Å². The number of nitrogens with one attached hydrogen (secondary N) is 1. The molecule has 0 spiro atoms. The van der Waals surface area contributed by atoms with Gasteiger partial charge in [-0.05, 0) is 130 Å². The Bertz CT molecular complexity index is 2060. The number of methoxy groups -OCH3 is 1. The average molecular weight is 1030 g/mol. The Morgan fingerprint density at radius 3 is 2.10 bits per heavy atom. The minimum atomic E-state index is -1.87. The molecule has 73 heavy (non-hydrogen) atoms. The largest absolute Gasteiger partial charge is 0.459 e. The van der Waals surface area contributed by atoms with Gasteiger partial charge >= 0.3 is 12.0 Å². The van der Waals surface area contributed by atoms with Crippen molar-refractivity contribution in [3.8, 4) is 0 Å². The van der Waals surface area contributed by atoms with Crippen molar-refractivity contribution in [2.75, 3.05) is 52.3 Å². The van der Waals surface area contributed by atoms with Gasteiger partial charge in [0.05, 0.1) is 42.0 Å². The number of rotatable bonds is 11. The van der Waals surface area contributed by atoms with E-state index in [0.717, 1.165) is 25.9 Å². The van der Waals surface area contributed by atoms with E-state index in [1.807, 2.05) is 57.2 Å². The minimum absolute atomic E-state index is 0.0538. The van der Waals surface area contributed by atoms with Gasteiger partial charge in [0.2, 0.25) is 0 Å². The van der Waals surface area contributed by atoms with Crippen LogP contribution in [0.15, 0.2) is 60.7 Å². The molecule has 0 aliphatic carbocycles. The number of anilines is 1. The van der Waals surface area contributed by atoms with Gasteiger partial charge in [-0.3, -0.25) is 9.69 Å². The molecule has 17 nitrogen and oxygen atoms in total. The second kappa shape index (κ2) is 24.4. The molecule has 0 aromatic heterocycles. The first kappa shape index (κ1) is 59.0. The first-order valence-corrected chi connectivity index (χ1v) is 26.7. The van der Waals surface area contributed by atoms with E-state index in [0.29, 0.717) is 24.6 Å². The number of ether oxygens (including phenoxy) is 6. The topological polar surface area (TPSA) is 212 Å². The Balaban J connectivity index is 1.33. The van der Waals surface area contributed by atoms with Crippen LogP contribution in [0.5, 0.6) is 0 Å². The van der Waals surface area contributed by atoms with Crippen LogP contribution in [0, 0.1) is 17.8 Å². The second-order valence-corrected chi connectivity index (χ2v) is 22.8. The SMILES string of the molecule is CC[C@H]1OC(=O)[C@H](C)[C@@H](O[C@H]2C[C@@](C)(OC)[C@](O)(CN3CCC(c4ccccc4)CC3)[C@H](C)O2)[C@H](C)[C@@H](O[C@@H]2O[C@H](C)C[C@H](N(C)C(=O)N(C)c3ccccc3)[C@H]2O)[C@](C)(O)C[C@@H](C)CN[C@H](C)[C@@H](O)[C@]1(C)O. The molecule has 4 heterocycles. The molecule has 18 atom stereocenters. The lowest BCUT2D eigenvalue weighted by Crippen LogP contribution is -2.70. The second-order valence-electron chi connectivity index (χ2n) is 22.8. The fraction of sp³-hybridized carbons (Fsp3) is 0.750. The molecule has 4 aliphatic rings. The van der Waals surface area contributed by atoms with Gasteiger partial charge in [0, 0.05) is 51.8 Å². The number of amides is 2. The number of cyclic esters (lactones) is 1. The third-order valence-electron chi connectivity index (χ3n) is 17.1. The number of aliphatic hydroxyl groups excluding tert-OH is 2. The molecule has 0 saturated carbocycles. The van der Waals surface area contributed by atoms with Gasteiger partial charge in [-0.25, -0.2) is 4.79 Å². The van der Waals surface area contributed by atoms with Crippen LogP contribution in [0.3, 0.4) is 0 Å². The van der Waals surface area contributed by atoms with E-state index in [4.69, 9.17) is 28.4 Å². The number of esters is 1. The fourth-order valence-electron chi connectivity index (χ4n) is 12.2. The van der Waals surface area contributed by atoms with Crippen LogP contribution in [-0.2, 0) is 33.2 Å². The van der Waals surface area contributed by atoms with Crippen LogP contribution in [0.2, 0.25) is 0 Å². The summed E-state index contributed by atoms with van der Waals surface area (Å²) in [5.74, 6) is -2.56. The van der Waals surface area contributed by atoms with E-state index < -0.39 is 108 Å². The molecule has 0 bridgehead atoms. The zero-order chi connectivity index (χ0) is 53.8. The van der Waals surface area contributed by atoms with Crippen LogP contribution < -0.4 is 10.2 Å². The Hall–Kier alpha value is -3.30. The van der Waals surface area contributed by atoms with Crippen LogP contribution in [0.25, 0.3) is 0 Å². The Morgan fingerprint density at radius 1 is 0.877 bits per heavy atom. The predicted octanol–water partition coefficient (Wildman–Crippen LogP) is 5.43. The number of β-amino-alcohol motifs (C(OH)–C–C–N with tert-alkyl or cyclic N) is 1. The number of likely N-dealkylation sites (N-methyl/N-ethyl adjacent to an activating group) is 1. The fourth-order valence-corrected chi connectivity index (χ4v) is 12.2. The number of hydrogen-bond donors (Lipinski definition) is 6. The highest BCUT2D eigenvalue weighted by atomic mass is 16.7. The maximum Gasteiger partial charge on any atom is 0.324 e. The number of benzene rings is 2. The summed E-state index contributed by atoms with van der Waals surface area (Å²) < 4.78 is 39.4. The van der Waals surface area contributed by atoms with Gasteiger partial charge in [0.25, 0.3) is 0 Å². The van der Waals surface area contributed by atoms with Crippen molar-refractivity contribution in [3.05, 3.63) is 66.2 Å². The maximum absolute atomic E-state index is 14.7. The summed E-state index contributed by atoms with van der Waals surface area (Å²) in [6.45, 7) is 19.6. The Labute approximate surface area is 434 Å². The smallest absolute Gasteiger partial charge is 0.324 e. The third-order valence-corrected chi connectivity index (χ3v) is 17.1. The number of piperidine rings is 1. The third kappa shape index (κ3) is 13.1. The number of likely N-dealkylation sites (tertiary alicyclic amines) is 1. The highest BCUT2D eigenvalue weighted by Gasteiger charge is 2.59. The molecular formula is C56H90N4O13. The highest BCUT2D eigenvalue weighted by Crippen LogP contribution is 2.44. The maximum atomic E-state index is 14.7. The average Bonchev–Trinajstić information content (AvgIpc) is 3.37. The molecule has 2 aromatic rings. The Morgan fingerprint density at radius 2 is 1.49 bits per heavy atom. The van der Waals surface area contributed by atoms with Crippen LogP contribution >= 0.6 is 0 Å². The normalized spacial score (nSPS) is 41.0. The van der Waals surface area contributed by atoms with Gasteiger partial charge < -0.3 is 69.1 Å². The monoisotopic (exact) mass is 1030 g/mol. The summed E-state index contributed by atoms with van der Waals surface area (Å²) in [5.41, 5.74) is -4.26. The van der Waals surface area contributed by atoms with Gasteiger partial charge in [-0.1, -0.05) is 69.3 Å². The number of carbonyl (C=O) groups excluding carboxylic acids is 2. The van der Waals surface area contributed by atoms with Gasteiger partial charge in [-0.2, -0.15) is 0 Å². The summed E-state index contributed by atoms with van der Waals surface area (Å²) >= 11 is 0. The summed E-state index contributed by atoms with van der Waals surface area (Å²) in [5, 5.41) is 64.6. The quantitative estimate of drug-likeness (QED) is 0.155. The summed E-state index contributed by atoms with van der Waals surface area (Å²) in [6, 6.07) is 17.9. The molecule has 17 heteroatoms. The van der Waals surface area contributed by atoms with E-state index in [-0.39, 0.29) is 37.8 Å². The molecule has 2 aromatic carbocycles. The zero-order valence-corrected chi connectivity index (χ0v) is 45.8. The summed E-state index contributed by atoms with van der Waals surface area (Å²) in [6.07, 6.45) is -7.40. The molecule has 2 amide bonds. The van der Waals surface area contributed by atoms with Crippen molar-refractivity contribution < 1.29 is 63.5 Å². The molecule has 412 valence electrons. The van der Waals surface area contributed by atoms with Crippen molar-refractivity contribution in [3.63, 3.8) is 0 Å². The molecule has 6 rings (SSSR count). The van der Waals surface area contributed by atoms with E-state index in [1.54, 1.807) is 62.7 Å². The molecule has 4 aliphatic heterocycles. The number of urea groups is 1. The van der Waals surface area contributed by atoms with Crippen LogP contribution in [0.1, 0.15) is 119 Å². The predicted molar refractivity (Wildman–Crippen MR) is 278 cm³/mol. The molecule has 4 saturated heterocycles. The van der Waals surface area contributed by atoms with Crippen molar-refractivity contribution in [2.45, 2.75) is 203 Å². The number of carbonyl (C=O) groups is 2. The first-order valence-electron chi connectivity index (χ1n) is 26.7. The van der Waals surface area contributed by atoms with Crippen molar-refractivity contribution in [2.24, 2.45) is 17.8 Å². The van der Waals surface area contributed by atoms with E-state index in [9.17, 15) is 35.1 Å². The molecule has 0 unspecified atom stereocenters. The highest BCUT2D eigenvalue weighted by molar-refractivity contribution is 5.91. The van der Waals surface area contributed by atoms with E-state index in [2.05, 4.69) is 34.5 Å². The van der Waals surface area contributed by atoms with Crippen molar-refractivity contribution >= 4 is 17.7 Å². The lowest BCUT2D eigenvalue weighted by atomic mass is 9.74. The number of hydrogen-bond acceptors (Lipinski definition) is 15. The molecule has 0 radical (unpaired) electrons. The van der Waals surface area contributed by atoms with Crippen molar-refractivity contribution in [1.82, 2.24) is 15.1 Å². The van der Waals surface area contributed by atoms with Gasteiger partial charge in [-0.15, -0.1) is 0 Å².